The molecule has 314 valence electrons. The summed E-state index contributed by atoms with van der Waals surface area (Å²) in [5.41, 5.74) is -6.28. The highest BCUT2D eigenvalue weighted by Gasteiger charge is 2.62. The van der Waals surface area contributed by atoms with Crippen LogP contribution >= 0.6 is 0 Å². The third-order valence-corrected chi connectivity index (χ3v) is 11.3. The molecular weight excluding hydrogens is 792 g/mol. The van der Waals surface area contributed by atoms with Crippen molar-refractivity contribution in [2.45, 2.75) is 114 Å². The highest BCUT2D eigenvalue weighted by atomic mass is 32.2. The number of hydrogen-bond donors (Lipinski definition) is 3. The third kappa shape index (κ3) is 10.0. The first-order valence-corrected chi connectivity index (χ1v) is 19.3. The number of halogens is 6. The van der Waals surface area contributed by atoms with Crippen molar-refractivity contribution in [3.05, 3.63) is 42.6 Å². The number of nitrogens with zero attached hydrogens (tertiary/aromatic N) is 2. The number of benzene rings is 1. The van der Waals surface area contributed by atoms with E-state index in [9.17, 15) is 53.9 Å². The monoisotopic (exact) mass is 835 g/mol. The smallest absolute Gasteiger partial charge is 0.488 e. The lowest BCUT2D eigenvalue weighted by molar-refractivity contribution is -0.274. The topological polar surface area (TPSA) is 182 Å². The molecule has 3 fully saturated rings. The molecule has 2 aromatic rings. The van der Waals surface area contributed by atoms with Gasteiger partial charge in [-0.3, -0.25) is 19.1 Å². The summed E-state index contributed by atoms with van der Waals surface area (Å²) >= 11 is 0. The van der Waals surface area contributed by atoms with E-state index in [0.717, 1.165) is 23.1 Å². The number of likely N-dealkylation sites (tertiary alicyclic amines) is 1. The molecule has 1 unspecified atom stereocenters. The van der Waals surface area contributed by atoms with Crippen molar-refractivity contribution in [3.63, 3.8) is 0 Å². The van der Waals surface area contributed by atoms with Crippen molar-refractivity contribution in [3.8, 4) is 11.5 Å². The van der Waals surface area contributed by atoms with Gasteiger partial charge in [-0.15, -0.1) is 19.8 Å². The summed E-state index contributed by atoms with van der Waals surface area (Å²) in [6.45, 7) is 12.7. The van der Waals surface area contributed by atoms with Gasteiger partial charge in [0.1, 0.15) is 46.3 Å². The predicted octanol–water partition coefficient (Wildman–Crippen LogP) is 5.11. The van der Waals surface area contributed by atoms with E-state index in [1.807, 2.05) is 4.72 Å². The Morgan fingerprint density at radius 3 is 2.19 bits per heavy atom. The molecule has 0 radical (unpaired) electrons. The average Bonchev–Trinajstić information content (AvgIpc) is 3.98. The predicted molar refractivity (Wildman–Crippen MR) is 190 cm³/mol. The molecule has 1 aliphatic heterocycles. The molecule has 1 aromatic heterocycles. The zero-order valence-electron chi connectivity index (χ0n) is 31.8. The van der Waals surface area contributed by atoms with Crippen molar-refractivity contribution < 1.29 is 68.1 Å². The van der Waals surface area contributed by atoms with Gasteiger partial charge in [0.15, 0.2) is 5.75 Å². The van der Waals surface area contributed by atoms with Crippen LogP contribution in [0.3, 0.4) is 0 Å². The van der Waals surface area contributed by atoms with Gasteiger partial charge in [-0.2, -0.15) is 13.2 Å². The lowest BCUT2D eigenvalue weighted by Gasteiger charge is -2.36. The largest absolute Gasteiger partial charge is 0.573 e. The lowest BCUT2D eigenvalue weighted by atomic mass is 9.85. The highest BCUT2D eigenvalue weighted by molar-refractivity contribution is 7.91. The molecule has 57 heavy (non-hydrogen) atoms. The molecular formula is C36H43F6N5O9S. The van der Waals surface area contributed by atoms with E-state index in [4.69, 9.17) is 9.47 Å². The first-order valence-electron chi connectivity index (χ1n) is 17.8. The molecule has 1 saturated heterocycles. The Kier molecular flexibility index (Phi) is 11.3. The second-order valence-corrected chi connectivity index (χ2v) is 18.3. The number of sulfonamides is 1. The van der Waals surface area contributed by atoms with Crippen LogP contribution in [0.25, 0.3) is 10.9 Å². The Bertz CT molecular complexity index is 2060. The number of rotatable bonds is 11. The molecule has 3 aliphatic rings. The molecule has 2 saturated carbocycles. The molecule has 2 aliphatic carbocycles. The standard InChI is InChI=1S/C36H43F6N5O9S/c1-8-18-16-34(18,30(50)46-57(52,53)20-12-13-20)45-28(48)22-14-19(17-47(22)29(49)27(32(2,3)4)44-31(51)56-33(5,6)7)54-24-15-25(35(37,38)39)43-26-21(24)10-9-11-23(26)55-36(40,41)42/h8-11,15,18-20,22,27H,1,12-14,16-17H2,2-7H3,(H,44,51)(H,45,48)(H,46,50)/t18?,19-,22+,27-,34-/m1/s1. The van der Waals surface area contributed by atoms with Crippen LogP contribution in [0.2, 0.25) is 0 Å². The molecule has 0 spiro atoms. The number of amides is 4. The fraction of sp³-hybridized carbons (Fsp3) is 0.583. The molecule has 5 rings (SSSR count). The summed E-state index contributed by atoms with van der Waals surface area (Å²) in [5.74, 6) is -5.24. The summed E-state index contributed by atoms with van der Waals surface area (Å²) in [6.07, 6.45) is -11.2. The number of nitrogens with one attached hydrogen (secondary N) is 3. The van der Waals surface area contributed by atoms with Crippen LogP contribution in [0.1, 0.15) is 72.9 Å². The zero-order valence-corrected chi connectivity index (χ0v) is 32.6. The average molecular weight is 836 g/mol. The molecule has 21 heteroatoms. The Hall–Kier alpha value is -4.82. The van der Waals surface area contributed by atoms with Gasteiger partial charge in [0, 0.05) is 23.8 Å². The first-order chi connectivity index (χ1) is 26.0. The fourth-order valence-corrected chi connectivity index (χ4v) is 7.82. The Balaban J connectivity index is 1.53. The van der Waals surface area contributed by atoms with Crippen LogP contribution in [0, 0.1) is 11.3 Å². The van der Waals surface area contributed by atoms with Crippen LogP contribution in [-0.4, -0.2) is 89.6 Å². The first kappa shape index (κ1) is 43.3. The molecule has 14 nitrogen and oxygen atoms in total. The highest BCUT2D eigenvalue weighted by Crippen LogP contribution is 2.46. The van der Waals surface area contributed by atoms with E-state index >= 15 is 0 Å². The summed E-state index contributed by atoms with van der Waals surface area (Å²) in [5, 5.41) is 3.98. The van der Waals surface area contributed by atoms with Gasteiger partial charge >= 0.3 is 18.6 Å². The number of fused-ring (bicyclic) bond motifs is 1. The fourth-order valence-electron chi connectivity index (χ4n) is 6.45. The van der Waals surface area contributed by atoms with Gasteiger partial charge in [0.25, 0.3) is 5.91 Å². The summed E-state index contributed by atoms with van der Waals surface area (Å²) < 4.78 is 125. The third-order valence-electron chi connectivity index (χ3n) is 9.45. The molecule has 3 N–H and O–H groups in total. The van der Waals surface area contributed by atoms with Gasteiger partial charge in [0.05, 0.1) is 11.8 Å². The quantitative estimate of drug-likeness (QED) is 0.203. The van der Waals surface area contributed by atoms with E-state index in [-0.39, 0.29) is 11.8 Å². The minimum Gasteiger partial charge on any atom is -0.488 e. The van der Waals surface area contributed by atoms with E-state index in [1.165, 1.54) is 6.08 Å². The van der Waals surface area contributed by atoms with Gasteiger partial charge < -0.3 is 29.7 Å². The zero-order chi connectivity index (χ0) is 42.7. The van der Waals surface area contributed by atoms with E-state index in [0.29, 0.717) is 18.9 Å². The van der Waals surface area contributed by atoms with Gasteiger partial charge in [-0.05, 0) is 57.6 Å². The minimum atomic E-state index is -5.29. The Morgan fingerprint density at radius 1 is 1.02 bits per heavy atom. The van der Waals surface area contributed by atoms with E-state index in [2.05, 4.69) is 26.9 Å². The van der Waals surface area contributed by atoms with Gasteiger partial charge in [-0.25, -0.2) is 18.2 Å². The van der Waals surface area contributed by atoms with Crippen LogP contribution in [0.4, 0.5) is 31.1 Å². The molecule has 1 aromatic carbocycles. The van der Waals surface area contributed by atoms with Crippen molar-refractivity contribution in [1.82, 2.24) is 25.2 Å². The minimum absolute atomic E-state index is 0.0504. The van der Waals surface area contributed by atoms with E-state index < -0.39 is 128 Å². The molecule has 4 amide bonds. The molecule has 5 atom stereocenters. The van der Waals surface area contributed by atoms with Crippen molar-refractivity contribution in [2.24, 2.45) is 11.3 Å². The summed E-state index contributed by atoms with van der Waals surface area (Å²) in [4.78, 5) is 59.4. The number of pyridine rings is 1. The number of hydrogen-bond acceptors (Lipinski definition) is 10. The maximum absolute atomic E-state index is 14.5. The second kappa shape index (κ2) is 14.8. The van der Waals surface area contributed by atoms with Crippen molar-refractivity contribution in [1.29, 1.82) is 0 Å². The van der Waals surface area contributed by atoms with Gasteiger partial charge in [-0.1, -0.05) is 32.9 Å². The molecule has 2 heterocycles. The Labute approximate surface area is 324 Å². The number of para-hydroxylation sites is 1. The number of aromatic nitrogens is 1. The van der Waals surface area contributed by atoms with Crippen molar-refractivity contribution >= 4 is 44.7 Å². The number of carbonyl (C=O) groups is 4. The SMILES string of the molecule is C=CC1C[C@]1(NC(=O)[C@@H]1C[C@@H](Oc2cc(C(F)(F)F)nc3c(OC(F)(F)F)cccc23)CN1C(=O)[C@@H](NC(=O)OC(C)(C)C)C(C)(C)C)C(=O)NS(=O)(=O)C1CC1. The maximum atomic E-state index is 14.5. The summed E-state index contributed by atoms with van der Waals surface area (Å²) in [6, 6.07) is 0.516. The van der Waals surface area contributed by atoms with Crippen molar-refractivity contribution in [2.75, 3.05) is 6.54 Å². The Morgan fingerprint density at radius 2 is 1.67 bits per heavy atom. The lowest BCUT2D eigenvalue weighted by Crippen LogP contribution is -2.60. The number of alkyl carbamates (subject to hydrolysis) is 1. The number of ether oxygens (including phenoxy) is 3. The van der Waals surface area contributed by atoms with Crippen LogP contribution in [-0.2, 0) is 35.3 Å². The normalized spacial score (nSPS) is 23.3. The van der Waals surface area contributed by atoms with Crippen LogP contribution in [0.15, 0.2) is 36.9 Å². The summed E-state index contributed by atoms with van der Waals surface area (Å²) in [7, 11) is -4.06. The van der Waals surface area contributed by atoms with Crippen LogP contribution in [0.5, 0.6) is 11.5 Å². The number of carbonyl (C=O) groups excluding carboxylic acids is 4. The molecule has 0 bridgehead atoms. The second-order valence-electron chi connectivity index (χ2n) is 16.3. The van der Waals surface area contributed by atoms with Gasteiger partial charge in [0.2, 0.25) is 21.8 Å². The maximum Gasteiger partial charge on any atom is 0.573 e. The van der Waals surface area contributed by atoms with Crippen LogP contribution < -0.4 is 24.8 Å². The number of alkyl halides is 6. The van der Waals surface area contributed by atoms with E-state index in [1.54, 1.807) is 41.5 Å².